The van der Waals surface area contributed by atoms with Crippen LogP contribution in [0.2, 0.25) is 0 Å². The monoisotopic (exact) mass is 527 g/mol. The Morgan fingerprint density at radius 2 is 1.74 bits per heavy atom. The standard InChI is InChI=1S/C31H27F2N3O3/c32-21-8-4-17(5-9-21)29-27(13-6-19-15-24(19)31(38)39)34-28-16-20(7-12-26(28)35-29)30(37)36-25-3-1-2-18-14-22(33)10-11-23(18)25/h4-5,7-12,14,16,19,24-25H,1-3,6,13,15H2,(H,36,37)(H,38,39)/t19-,24-,25-/m1/s1. The lowest BCUT2D eigenvalue weighted by Gasteiger charge is -2.26. The lowest BCUT2D eigenvalue weighted by Crippen LogP contribution is -2.31. The molecule has 0 saturated heterocycles. The zero-order chi connectivity index (χ0) is 27.1. The highest BCUT2D eigenvalue weighted by Crippen LogP contribution is 2.42. The van der Waals surface area contributed by atoms with Gasteiger partial charge in [0.05, 0.1) is 34.4 Å². The summed E-state index contributed by atoms with van der Waals surface area (Å²) in [7, 11) is 0. The highest BCUT2D eigenvalue weighted by Gasteiger charge is 2.42. The van der Waals surface area contributed by atoms with Gasteiger partial charge in [-0.3, -0.25) is 9.59 Å². The third kappa shape index (κ3) is 5.24. The first-order valence-corrected chi connectivity index (χ1v) is 13.2. The number of aromatic nitrogens is 2. The summed E-state index contributed by atoms with van der Waals surface area (Å²) in [5.74, 6) is -1.85. The van der Waals surface area contributed by atoms with Crippen molar-refractivity contribution in [1.82, 2.24) is 15.3 Å². The normalized spacial score (nSPS) is 19.9. The van der Waals surface area contributed by atoms with Crippen molar-refractivity contribution in [2.45, 2.75) is 44.6 Å². The van der Waals surface area contributed by atoms with E-state index in [1.54, 1.807) is 42.5 Å². The minimum absolute atomic E-state index is 0.102. The Hall–Kier alpha value is -4.20. The Kier molecular flexibility index (Phi) is 6.54. The number of benzene rings is 3. The molecule has 8 heteroatoms. The molecule has 2 aliphatic carbocycles. The molecule has 198 valence electrons. The molecule has 39 heavy (non-hydrogen) atoms. The predicted octanol–water partition coefficient (Wildman–Crippen LogP) is 6.04. The maximum absolute atomic E-state index is 13.7. The number of nitrogens with one attached hydrogen (secondary N) is 1. The highest BCUT2D eigenvalue weighted by molar-refractivity contribution is 5.97. The van der Waals surface area contributed by atoms with Crippen LogP contribution in [0.4, 0.5) is 8.78 Å². The van der Waals surface area contributed by atoms with Crippen LogP contribution in [0.1, 0.15) is 58.9 Å². The summed E-state index contributed by atoms with van der Waals surface area (Å²) >= 11 is 0. The van der Waals surface area contributed by atoms with Crippen molar-refractivity contribution in [3.63, 3.8) is 0 Å². The van der Waals surface area contributed by atoms with Gasteiger partial charge in [0.25, 0.3) is 5.91 Å². The van der Waals surface area contributed by atoms with Gasteiger partial charge in [-0.05, 0) is 110 Å². The Labute approximate surface area is 224 Å². The van der Waals surface area contributed by atoms with Gasteiger partial charge >= 0.3 is 5.97 Å². The van der Waals surface area contributed by atoms with E-state index in [-0.39, 0.29) is 35.4 Å². The van der Waals surface area contributed by atoms with E-state index in [1.807, 2.05) is 0 Å². The first-order chi connectivity index (χ1) is 18.9. The maximum atomic E-state index is 13.7. The van der Waals surface area contributed by atoms with Crippen LogP contribution in [-0.2, 0) is 17.6 Å². The van der Waals surface area contributed by atoms with Crippen molar-refractivity contribution in [2.24, 2.45) is 11.8 Å². The highest BCUT2D eigenvalue weighted by atomic mass is 19.1. The van der Waals surface area contributed by atoms with Gasteiger partial charge in [-0.1, -0.05) is 6.07 Å². The number of carboxylic acids is 1. The number of aliphatic carboxylic acids is 1. The summed E-state index contributed by atoms with van der Waals surface area (Å²) in [5.41, 5.74) is 5.50. The SMILES string of the molecule is O=C(N[C@@H]1CCCc2cc(F)ccc21)c1ccc2nc(-c3ccc(F)cc3)c(CC[C@@H]3C[C@H]3C(=O)O)nc2c1. The van der Waals surface area contributed by atoms with Gasteiger partial charge in [-0.15, -0.1) is 0 Å². The number of carbonyl (C=O) groups excluding carboxylic acids is 1. The quantitative estimate of drug-likeness (QED) is 0.306. The molecule has 1 aromatic heterocycles. The average molecular weight is 528 g/mol. The van der Waals surface area contributed by atoms with Crippen molar-refractivity contribution in [1.29, 1.82) is 0 Å². The molecule has 0 unspecified atom stereocenters. The first kappa shape index (κ1) is 25.1. The second-order valence-electron chi connectivity index (χ2n) is 10.5. The Balaban J connectivity index is 1.29. The summed E-state index contributed by atoms with van der Waals surface area (Å²) < 4.78 is 27.3. The lowest BCUT2D eigenvalue weighted by molar-refractivity contribution is -0.138. The number of aryl methyl sites for hydroxylation is 2. The zero-order valence-corrected chi connectivity index (χ0v) is 21.2. The van der Waals surface area contributed by atoms with Gasteiger partial charge < -0.3 is 10.4 Å². The number of carbonyl (C=O) groups is 2. The van der Waals surface area contributed by atoms with Gasteiger partial charge in [0.2, 0.25) is 0 Å². The molecule has 6 rings (SSSR count). The lowest BCUT2D eigenvalue weighted by atomic mass is 9.87. The third-order valence-electron chi connectivity index (χ3n) is 7.83. The number of halogens is 2. The van der Waals surface area contributed by atoms with Gasteiger partial charge in [-0.2, -0.15) is 0 Å². The summed E-state index contributed by atoms with van der Waals surface area (Å²) in [4.78, 5) is 34.2. The average Bonchev–Trinajstić information content (AvgIpc) is 3.72. The molecular weight excluding hydrogens is 500 g/mol. The van der Waals surface area contributed by atoms with E-state index < -0.39 is 5.97 Å². The van der Waals surface area contributed by atoms with E-state index in [4.69, 9.17) is 9.97 Å². The molecule has 4 aromatic rings. The molecule has 3 atom stereocenters. The van der Waals surface area contributed by atoms with Crippen LogP contribution in [0, 0.1) is 23.5 Å². The second kappa shape index (κ2) is 10.2. The van der Waals surface area contributed by atoms with Crippen molar-refractivity contribution >= 4 is 22.9 Å². The molecule has 1 fully saturated rings. The second-order valence-corrected chi connectivity index (χ2v) is 10.5. The van der Waals surface area contributed by atoms with Gasteiger partial charge in [-0.25, -0.2) is 18.7 Å². The largest absolute Gasteiger partial charge is 0.481 e. The third-order valence-corrected chi connectivity index (χ3v) is 7.83. The Bertz CT molecular complexity index is 1590. The number of carboxylic acid groups (broad SMARTS) is 1. The molecule has 0 aliphatic heterocycles. The fraction of sp³-hybridized carbons (Fsp3) is 0.290. The smallest absolute Gasteiger partial charge is 0.306 e. The van der Waals surface area contributed by atoms with E-state index in [1.165, 1.54) is 18.2 Å². The molecular formula is C31H27F2N3O3. The molecule has 6 nitrogen and oxygen atoms in total. The molecule has 0 radical (unpaired) electrons. The van der Waals surface area contributed by atoms with E-state index >= 15 is 0 Å². The molecule has 2 aliphatic rings. The summed E-state index contributed by atoms with van der Waals surface area (Å²) in [6.07, 6.45) is 4.27. The molecule has 1 amide bonds. The van der Waals surface area contributed by atoms with Crippen LogP contribution in [-0.4, -0.2) is 27.0 Å². The van der Waals surface area contributed by atoms with E-state index in [2.05, 4.69) is 5.32 Å². The molecule has 1 saturated carbocycles. The van der Waals surface area contributed by atoms with Gasteiger partial charge in [0.15, 0.2) is 0 Å². The first-order valence-electron chi connectivity index (χ1n) is 13.2. The fourth-order valence-electron chi connectivity index (χ4n) is 5.61. The van der Waals surface area contributed by atoms with Crippen LogP contribution in [0.15, 0.2) is 60.7 Å². The number of fused-ring (bicyclic) bond motifs is 2. The number of rotatable bonds is 7. The van der Waals surface area contributed by atoms with Crippen molar-refractivity contribution < 1.29 is 23.5 Å². The molecule has 1 heterocycles. The van der Waals surface area contributed by atoms with E-state index in [0.717, 1.165) is 36.0 Å². The van der Waals surface area contributed by atoms with E-state index in [9.17, 15) is 23.5 Å². The summed E-state index contributed by atoms with van der Waals surface area (Å²) in [6, 6.07) is 15.7. The zero-order valence-electron chi connectivity index (χ0n) is 21.2. The predicted molar refractivity (Wildman–Crippen MR) is 142 cm³/mol. The van der Waals surface area contributed by atoms with Gasteiger partial charge in [0, 0.05) is 11.1 Å². The summed E-state index contributed by atoms with van der Waals surface area (Å²) in [5, 5.41) is 12.4. The Morgan fingerprint density at radius 3 is 2.51 bits per heavy atom. The number of nitrogens with zero attached hydrogens (tertiary/aromatic N) is 2. The van der Waals surface area contributed by atoms with Crippen molar-refractivity contribution in [2.75, 3.05) is 0 Å². The minimum atomic E-state index is -0.773. The Morgan fingerprint density at radius 1 is 0.949 bits per heavy atom. The van der Waals surface area contributed by atoms with Crippen LogP contribution >= 0.6 is 0 Å². The van der Waals surface area contributed by atoms with E-state index in [0.29, 0.717) is 47.2 Å². The molecule has 3 aromatic carbocycles. The molecule has 0 bridgehead atoms. The van der Waals surface area contributed by atoms with Crippen molar-refractivity contribution in [3.05, 3.63) is 94.7 Å². The number of hydrogen-bond acceptors (Lipinski definition) is 4. The minimum Gasteiger partial charge on any atom is -0.481 e. The topological polar surface area (TPSA) is 92.2 Å². The molecule has 0 spiro atoms. The van der Waals surface area contributed by atoms with Crippen LogP contribution in [0.5, 0.6) is 0 Å². The van der Waals surface area contributed by atoms with Gasteiger partial charge in [0.1, 0.15) is 11.6 Å². The van der Waals surface area contributed by atoms with Crippen molar-refractivity contribution in [3.8, 4) is 11.3 Å². The summed E-state index contributed by atoms with van der Waals surface area (Å²) in [6.45, 7) is 0. The number of amides is 1. The fourth-order valence-corrected chi connectivity index (χ4v) is 5.61. The van der Waals surface area contributed by atoms with Crippen LogP contribution in [0.25, 0.3) is 22.3 Å². The molecule has 2 N–H and O–H groups in total. The maximum Gasteiger partial charge on any atom is 0.306 e. The van der Waals surface area contributed by atoms with Crippen LogP contribution < -0.4 is 5.32 Å². The van der Waals surface area contributed by atoms with Crippen LogP contribution in [0.3, 0.4) is 0 Å². The number of hydrogen-bond donors (Lipinski definition) is 2.